The number of carbonyl (C=O) groups is 2. The number of ketones is 1. The van der Waals surface area contributed by atoms with Crippen molar-refractivity contribution in [2.45, 2.75) is 13.0 Å². The quantitative estimate of drug-likeness (QED) is 0.574. The molecule has 0 aliphatic rings. The fourth-order valence-corrected chi connectivity index (χ4v) is 2.52. The molecule has 1 rings (SSSR count). The predicted molar refractivity (Wildman–Crippen MR) is 62.4 cm³/mol. The SMILES string of the molecule is O=C([O-])CC(=O)c1ccc(Br)c(OC(F)F)c1Br. The Morgan fingerprint density at radius 2 is 1.94 bits per heavy atom. The average molecular weight is 387 g/mol. The van der Waals surface area contributed by atoms with Crippen molar-refractivity contribution in [3.05, 3.63) is 26.6 Å². The number of carboxylic acid groups (broad SMARTS) is 1. The van der Waals surface area contributed by atoms with Gasteiger partial charge in [0.05, 0.1) is 15.4 Å². The first-order valence-electron chi connectivity index (χ1n) is 4.48. The molecule has 4 nitrogen and oxygen atoms in total. The van der Waals surface area contributed by atoms with Crippen LogP contribution in [-0.4, -0.2) is 18.4 Å². The summed E-state index contributed by atoms with van der Waals surface area (Å²) in [6.45, 7) is -3.07. The Kier molecular flexibility index (Phi) is 5.21. The highest BCUT2D eigenvalue weighted by atomic mass is 79.9. The molecule has 0 saturated heterocycles. The van der Waals surface area contributed by atoms with Crippen molar-refractivity contribution in [2.24, 2.45) is 0 Å². The van der Waals surface area contributed by atoms with Gasteiger partial charge in [0.25, 0.3) is 0 Å². The first kappa shape index (κ1) is 15.0. The number of hydrogen-bond donors (Lipinski definition) is 0. The fourth-order valence-electron chi connectivity index (χ4n) is 1.17. The van der Waals surface area contributed by atoms with Crippen molar-refractivity contribution >= 4 is 43.6 Å². The molecule has 0 heterocycles. The second kappa shape index (κ2) is 6.24. The maximum atomic E-state index is 12.2. The van der Waals surface area contributed by atoms with E-state index in [4.69, 9.17) is 0 Å². The smallest absolute Gasteiger partial charge is 0.387 e. The lowest BCUT2D eigenvalue weighted by Gasteiger charge is -2.12. The van der Waals surface area contributed by atoms with Crippen molar-refractivity contribution in [1.29, 1.82) is 0 Å². The largest absolute Gasteiger partial charge is 0.550 e. The van der Waals surface area contributed by atoms with Gasteiger partial charge in [0.1, 0.15) is 0 Å². The Morgan fingerprint density at radius 1 is 1.33 bits per heavy atom. The van der Waals surface area contributed by atoms with Crippen molar-refractivity contribution in [2.75, 3.05) is 0 Å². The first-order chi connectivity index (χ1) is 8.32. The van der Waals surface area contributed by atoms with E-state index in [0.717, 1.165) is 0 Å². The molecule has 0 fully saturated rings. The Morgan fingerprint density at radius 3 is 2.44 bits per heavy atom. The highest BCUT2D eigenvalue weighted by Gasteiger charge is 2.19. The van der Waals surface area contributed by atoms with Crippen LogP contribution >= 0.6 is 31.9 Å². The molecule has 1 aromatic carbocycles. The van der Waals surface area contributed by atoms with E-state index in [1.54, 1.807) is 0 Å². The molecule has 0 aromatic heterocycles. The zero-order valence-corrected chi connectivity index (χ0v) is 11.8. The van der Waals surface area contributed by atoms with Gasteiger partial charge in [0.15, 0.2) is 11.5 Å². The van der Waals surface area contributed by atoms with Gasteiger partial charge in [-0.2, -0.15) is 8.78 Å². The van der Waals surface area contributed by atoms with E-state index in [1.807, 2.05) is 0 Å². The number of benzene rings is 1. The molecule has 0 aliphatic heterocycles. The normalized spacial score (nSPS) is 10.5. The lowest BCUT2D eigenvalue weighted by Crippen LogP contribution is -2.25. The number of carbonyl (C=O) groups excluding carboxylic acids is 2. The highest BCUT2D eigenvalue weighted by molar-refractivity contribution is 9.11. The van der Waals surface area contributed by atoms with Crippen LogP contribution in [0, 0.1) is 0 Å². The third kappa shape index (κ3) is 3.74. The number of aliphatic carboxylic acids is 1. The third-order valence-corrected chi connectivity index (χ3v) is 3.27. The van der Waals surface area contributed by atoms with Crippen LogP contribution < -0.4 is 9.84 Å². The maximum Gasteiger partial charge on any atom is 0.387 e. The van der Waals surface area contributed by atoms with Crippen LogP contribution in [0.1, 0.15) is 16.8 Å². The average Bonchev–Trinajstić information content (AvgIpc) is 2.22. The molecular weight excluding hydrogens is 382 g/mol. The van der Waals surface area contributed by atoms with Crippen molar-refractivity contribution in [3.8, 4) is 5.75 Å². The molecule has 98 valence electrons. The van der Waals surface area contributed by atoms with E-state index in [0.29, 0.717) is 0 Å². The van der Waals surface area contributed by atoms with Crippen molar-refractivity contribution < 1.29 is 28.2 Å². The zero-order valence-electron chi connectivity index (χ0n) is 8.58. The molecule has 0 bridgehead atoms. The van der Waals surface area contributed by atoms with Crippen molar-refractivity contribution in [3.63, 3.8) is 0 Å². The Balaban J connectivity index is 3.15. The summed E-state index contributed by atoms with van der Waals surface area (Å²) in [5.41, 5.74) is -0.0712. The molecule has 0 amide bonds. The van der Waals surface area contributed by atoms with E-state index in [2.05, 4.69) is 36.6 Å². The molecule has 0 N–H and O–H groups in total. The zero-order chi connectivity index (χ0) is 13.9. The molecule has 18 heavy (non-hydrogen) atoms. The summed E-state index contributed by atoms with van der Waals surface area (Å²) < 4.78 is 28.7. The lowest BCUT2D eigenvalue weighted by atomic mass is 10.1. The van der Waals surface area contributed by atoms with Gasteiger partial charge >= 0.3 is 6.61 Å². The van der Waals surface area contributed by atoms with Crippen LogP contribution in [0.25, 0.3) is 0 Å². The minimum Gasteiger partial charge on any atom is -0.550 e. The number of alkyl halides is 2. The number of rotatable bonds is 5. The van der Waals surface area contributed by atoms with Gasteiger partial charge in [-0.25, -0.2) is 0 Å². The summed E-state index contributed by atoms with van der Waals surface area (Å²) >= 11 is 5.91. The van der Waals surface area contributed by atoms with Crippen LogP contribution in [0.15, 0.2) is 21.1 Å². The van der Waals surface area contributed by atoms with E-state index >= 15 is 0 Å². The predicted octanol–water partition coefficient (Wildman–Crippen LogP) is 2.14. The molecule has 0 spiro atoms. The lowest BCUT2D eigenvalue weighted by molar-refractivity contribution is -0.304. The summed E-state index contributed by atoms with van der Waals surface area (Å²) in [4.78, 5) is 21.8. The maximum absolute atomic E-state index is 12.2. The molecule has 0 aliphatic carbocycles. The van der Waals surface area contributed by atoms with Gasteiger partial charge in [0, 0.05) is 11.5 Å². The Bertz CT molecular complexity index is 491. The number of carboxylic acids is 1. The summed E-state index contributed by atoms with van der Waals surface area (Å²) in [5, 5.41) is 10.3. The second-order valence-electron chi connectivity index (χ2n) is 3.09. The fraction of sp³-hybridized carbons (Fsp3) is 0.200. The molecular formula is C10H5Br2F2O4-. The van der Waals surface area contributed by atoms with Gasteiger partial charge < -0.3 is 14.6 Å². The van der Waals surface area contributed by atoms with Crippen LogP contribution in [0.4, 0.5) is 8.78 Å². The summed E-state index contributed by atoms with van der Waals surface area (Å²) in [6, 6.07) is 2.60. The van der Waals surface area contributed by atoms with Crippen LogP contribution in [-0.2, 0) is 4.79 Å². The number of ether oxygens (including phenoxy) is 1. The number of Topliss-reactive ketones (excluding diaryl/α,β-unsaturated/α-hetero) is 1. The molecule has 0 saturated carbocycles. The topological polar surface area (TPSA) is 66.4 Å². The molecule has 0 radical (unpaired) electrons. The van der Waals surface area contributed by atoms with Gasteiger partial charge in [-0.15, -0.1) is 0 Å². The summed E-state index contributed by atoms with van der Waals surface area (Å²) in [5.74, 6) is -2.59. The van der Waals surface area contributed by atoms with Gasteiger partial charge in [-0.1, -0.05) is 0 Å². The van der Waals surface area contributed by atoms with Gasteiger partial charge in [-0.05, 0) is 44.0 Å². The molecule has 0 atom stereocenters. The standard InChI is InChI=1S/C10H6Br2F2O4/c11-5-2-1-4(6(15)3-7(16)17)8(12)9(5)18-10(13)14/h1-2,10H,3H2,(H,16,17)/p-1. The third-order valence-electron chi connectivity index (χ3n) is 1.86. The minimum absolute atomic E-state index is 0.0385. The molecule has 0 unspecified atom stereocenters. The summed E-state index contributed by atoms with van der Waals surface area (Å²) in [7, 11) is 0. The second-order valence-corrected chi connectivity index (χ2v) is 4.74. The van der Waals surface area contributed by atoms with E-state index < -0.39 is 24.8 Å². The van der Waals surface area contributed by atoms with Gasteiger partial charge in [0.2, 0.25) is 0 Å². The Labute approximate surface area is 117 Å². The molecule has 8 heteroatoms. The summed E-state index contributed by atoms with van der Waals surface area (Å²) in [6.07, 6.45) is -0.839. The van der Waals surface area contributed by atoms with E-state index in [-0.39, 0.29) is 20.3 Å². The van der Waals surface area contributed by atoms with Gasteiger partial charge in [-0.3, -0.25) is 4.79 Å². The monoisotopic (exact) mass is 385 g/mol. The van der Waals surface area contributed by atoms with Crippen LogP contribution in [0.3, 0.4) is 0 Å². The van der Waals surface area contributed by atoms with E-state index in [1.165, 1.54) is 12.1 Å². The van der Waals surface area contributed by atoms with Crippen LogP contribution in [0.2, 0.25) is 0 Å². The minimum atomic E-state index is -3.07. The highest BCUT2D eigenvalue weighted by Crippen LogP contribution is 2.37. The Hall–Kier alpha value is -1.02. The van der Waals surface area contributed by atoms with E-state index in [9.17, 15) is 23.5 Å². The molecule has 1 aromatic rings. The van der Waals surface area contributed by atoms with Crippen molar-refractivity contribution in [1.82, 2.24) is 0 Å². The first-order valence-corrected chi connectivity index (χ1v) is 6.07. The number of hydrogen-bond acceptors (Lipinski definition) is 4. The van der Waals surface area contributed by atoms with Crippen LogP contribution in [0.5, 0.6) is 5.75 Å². The number of halogens is 4.